The molecule has 1 heterocycles. The molecule has 0 aliphatic heterocycles. The van der Waals surface area contributed by atoms with Crippen molar-refractivity contribution in [1.82, 2.24) is 4.98 Å². The summed E-state index contributed by atoms with van der Waals surface area (Å²) in [6.07, 6.45) is -9.49. The number of benzene rings is 3. The summed E-state index contributed by atoms with van der Waals surface area (Å²) in [4.78, 5) is 15.5. The number of hydrogen-bond donors (Lipinski definition) is 3. The topological polar surface area (TPSA) is 91.1 Å². The largest absolute Gasteiger partial charge is 0.417 e. The van der Waals surface area contributed by atoms with Crippen LogP contribution in [0, 0.1) is 0 Å². The zero-order chi connectivity index (χ0) is 27.0. The number of H-pyrrole nitrogens is 1. The Morgan fingerprint density at radius 1 is 0.838 bits per heavy atom. The average Bonchev–Trinajstić information content (AvgIpc) is 3.20. The molecule has 0 unspecified atom stereocenters. The molecule has 13 heteroatoms. The number of aromatic amines is 1. The van der Waals surface area contributed by atoms with Gasteiger partial charge in [0.15, 0.2) is 5.75 Å². The van der Waals surface area contributed by atoms with Crippen LogP contribution < -0.4 is 10.0 Å². The van der Waals surface area contributed by atoms with Crippen LogP contribution in [0.1, 0.15) is 16.1 Å². The van der Waals surface area contributed by atoms with Gasteiger partial charge >= 0.3 is 12.4 Å². The van der Waals surface area contributed by atoms with E-state index in [4.69, 9.17) is 0 Å². The lowest BCUT2D eigenvalue weighted by Crippen LogP contribution is -2.27. The fraction of sp³-hybridized carbons (Fsp3) is 0.125. The van der Waals surface area contributed by atoms with Crippen molar-refractivity contribution in [3.05, 3.63) is 84.1 Å². The Morgan fingerprint density at radius 3 is 2.27 bits per heavy atom. The molecule has 0 saturated carbocycles. The molecule has 0 atom stereocenters. The second kappa shape index (κ2) is 9.47. The summed E-state index contributed by atoms with van der Waals surface area (Å²) in [6, 6.07) is 16.2. The molecule has 0 aliphatic rings. The zero-order valence-electron chi connectivity index (χ0n) is 18.5. The highest BCUT2D eigenvalue weighted by Crippen LogP contribution is 2.37. The highest BCUT2D eigenvalue weighted by molar-refractivity contribution is 7.92. The quantitative estimate of drug-likeness (QED) is 0.247. The number of carbonyl (C=O) groups is 1. The fourth-order valence-electron chi connectivity index (χ4n) is 3.69. The maximum atomic E-state index is 13.4. The monoisotopic (exact) mass is 541 g/mol. The van der Waals surface area contributed by atoms with Crippen LogP contribution in [-0.2, 0) is 16.2 Å². The molecule has 1 amide bonds. The molecular formula is C24H17F6N3O3S. The molecule has 0 saturated heterocycles. The summed E-state index contributed by atoms with van der Waals surface area (Å²) in [5, 5.41) is 3.05. The molecule has 1 aromatic heterocycles. The van der Waals surface area contributed by atoms with Crippen LogP contribution in [-0.4, -0.2) is 31.2 Å². The maximum absolute atomic E-state index is 13.4. The van der Waals surface area contributed by atoms with Crippen LogP contribution >= 0.6 is 0 Å². The van der Waals surface area contributed by atoms with Gasteiger partial charge in [0.05, 0.1) is 11.3 Å². The van der Waals surface area contributed by atoms with Gasteiger partial charge in [0.25, 0.3) is 5.91 Å². The van der Waals surface area contributed by atoms with Gasteiger partial charge in [-0.15, -0.1) is 0 Å². The van der Waals surface area contributed by atoms with Gasteiger partial charge in [0.1, 0.15) is 5.69 Å². The molecule has 0 aliphatic carbocycles. The molecule has 0 bridgehead atoms. The first kappa shape index (κ1) is 26.1. The lowest BCUT2D eigenvalue weighted by Gasteiger charge is -2.13. The van der Waals surface area contributed by atoms with E-state index in [-0.39, 0.29) is 33.7 Å². The average molecular weight is 541 g/mol. The van der Waals surface area contributed by atoms with Crippen LogP contribution in [0.15, 0.2) is 72.8 Å². The van der Waals surface area contributed by atoms with Crippen LogP contribution in [0.25, 0.3) is 22.0 Å². The molecule has 3 aromatic carbocycles. The number of amides is 1. The van der Waals surface area contributed by atoms with E-state index in [1.807, 2.05) is 4.72 Å². The van der Waals surface area contributed by atoms with Crippen molar-refractivity contribution in [3.8, 4) is 11.1 Å². The lowest BCUT2D eigenvalue weighted by atomic mass is 9.99. The van der Waals surface area contributed by atoms with E-state index in [0.717, 1.165) is 6.07 Å². The van der Waals surface area contributed by atoms with E-state index in [0.29, 0.717) is 5.39 Å². The van der Waals surface area contributed by atoms with Gasteiger partial charge in [-0.2, -0.15) is 26.3 Å². The molecule has 4 aromatic rings. The van der Waals surface area contributed by atoms with E-state index in [1.54, 1.807) is 0 Å². The van der Waals surface area contributed by atoms with E-state index in [1.165, 1.54) is 66.7 Å². The van der Waals surface area contributed by atoms with E-state index in [2.05, 4.69) is 10.3 Å². The number of sulfonamides is 1. The van der Waals surface area contributed by atoms with Gasteiger partial charge in [-0.25, -0.2) is 8.42 Å². The first-order valence-corrected chi connectivity index (χ1v) is 12.1. The van der Waals surface area contributed by atoms with E-state index < -0.39 is 39.6 Å². The van der Waals surface area contributed by atoms with Crippen molar-refractivity contribution in [1.29, 1.82) is 0 Å². The Morgan fingerprint density at radius 2 is 1.57 bits per heavy atom. The normalized spacial score (nSPS) is 12.5. The Balaban J connectivity index is 1.55. The van der Waals surface area contributed by atoms with Crippen LogP contribution in [0.4, 0.5) is 37.7 Å². The molecule has 0 radical (unpaired) electrons. The SMILES string of the molecule is O=C(Nc1cccc(-c2ccccc2C(F)(F)F)c1)c1cc2ccc(NS(=O)(=O)CC(F)(F)F)cc2[nH]1. The molecule has 37 heavy (non-hydrogen) atoms. The van der Waals surface area contributed by atoms with Crippen molar-refractivity contribution in [2.45, 2.75) is 12.4 Å². The summed E-state index contributed by atoms with van der Waals surface area (Å²) in [5.41, 5.74) is -0.261. The van der Waals surface area contributed by atoms with Crippen molar-refractivity contribution >= 4 is 38.2 Å². The van der Waals surface area contributed by atoms with Crippen molar-refractivity contribution < 1.29 is 39.6 Å². The third kappa shape index (κ3) is 6.42. The molecule has 194 valence electrons. The third-order valence-electron chi connectivity index (χ3n) is 5.16. The second-order valence-corrected chi connectivity index (χ2v) is 9.76. The fourth-order valence-corrected chi connectivity index (χ4v) is 4.68. The number of fused-ring (bicyclic) bond motifs is 1. The number of alkyl halides is 6. The summed E-state index contributed by atoms with van der Waals surface area (Å²) in [6.45, 7) is 0. The van der Waals surface area contributed by atoms with Crippen LogP contribution in [0.2, 0.25) is 0 Å². The predicted octanol–water partition coefficient (Wildman–Crippen LogP) is 6.41. The first-order valence-electron chi connectivity index (χ1n) is 10.5. The number of halogens is 6. The smallest absolute Gasteiger partial charge is 0.350 e. The van der Waals surface area contributed by atoms with Gasteiger partial charge in [0.2, 0.25) is 10.0 Å². The van der Waals surface area contributed by atoms with Crippen molar-refractivity contribution in [3.63, 3.8) is 0 Å². The molecule has 0 fully saturated rings. The number of hydrogen-bond acceptors (Lipinski definition) is 3. The van der Waals surface area contributed by atoms with Gasteiger partial charge in [-0.3, -0.25) is 9.52 Å². The minimum Gasteiger partial charge on any atom is -0.350 e. The Labute approximate surface area is 206 Å². The number of carbonyl (C=O) groups excluding carboxylic acids is 1. The molecule has 4 rings (SSSR count). The van der Waals surface area contributed by atoms with Gasteiger partial charge in [-0.1, -0.05) is 36.4 Å². The zero-order valence-corrected chi connectivity index (χ0v) is 19.4. The molecule has 3 N–H and O–H groups in total. The maximum Gasteiger partial charge on any atom is 0.417 e. The van der Waals surface area contributed by atoms with Crippen molar-refractivity contribution in [2.75, 3.05) is 15.8 Å². The van der Waals surface area contributed by atoms with Crippen LogP contribution in [0.5, 0.6) is 0 Å². The molecular weight excluding hydrogens is 524 g/mol. The number of aromatic nitrogens is 1. The number of anilines is 2. The molecule has 0 spiro atoms. The van der Waals surface area contributed by atoms with Crippen molar-refractivity contribution in [2.24, 2.45) is 0 Å². The summed E-state index contributed by atoms with van der Waals surface area (Å²) < 4.78 is 103. The summed E-state index contributed by atoms with van der Waals surface area (Å²) in [7, 11) is -4.69. The molecule has 6 nitrogen and oxygen atoms in total. The summed E-state index contributed by atoms with van der Waals surface area (Å²) in [5.74, 6) is -2.69. The Bertz CT molecular complexity index is 1580. The second-order valence-electron chi connectivity index (χ2n) is 8.04. The minimum absolute atomic E-state index is 0.0337. The van der Waals surface area contributed by atoms with Gasteiger partial charge in [0, 0.05) is 16.6 Å². The van der Waals surface area contributed by atoms with E-state index in [9.17, 15) is 39.6 Å². The summed E-state index contributed by atoms with van der Waals surface area (Å²) >= 11 is 0. The minimum atomic E-state index is -4.92. The van der Waals surface area contributed by atoms with Gasteiger partial charge < -0.3 is 10.3 Å². The van der Waals surface area contributed by atoms with E-state index >= 15 is 0 Å². The Kier molecular flexibility index (Phi) is 6.67. The Hall–Kier alpha value is -4.00. The van der Waals surface area contributed by atoms with Crippen LogP contribution in [0.3, 0.4) is 0 Å². The van der Waals surface area contributed by atoms with Gasteiger partial charge in [-0.05, 0) is 47.5 Å². The number of rotatable bonds is 6. The third-order valence-corrected chi connectivity index (χ3v) is 6.41. The predicted molar refractivity (Wildman–Crippen MR) is 127 cm³/mol. The standard InChI is InChI=1S/C24H17F6N3O3S/c25-23(26,27)13-37(35,36)33-17-9-8-15-11-21(32-20(15)12-17)22(34)31-16-5-3-4-14(10-16)18-6-1-2-7-19(18)24(28,29)30/h1-12,32-33H,13H2,(H,31,34). The lowest BCUT2D eigenvalue weighted by molar-refractivity contribution is -0.137. The highest BCUT2D eigenvalue weighted by Gasteiger charge is 2.35. The number of nitrogens with one attached hydrogen (secondary N) is 3. The first-order chi connectivity index (χ1) is 17.2. The highest BCUT2D eigenvalue weighted by atomic mass is 32.2.